The summed E-state index contributed by atoms with van der Waals surface area (Å²) in [6.45, 7) is 4.22. The molecule has 3 aromatic rings. The second-order valence-corrected chi connectivity index (χ2v) is 9.54. The zero-order chi connectivity index (χ0) is 20.5. The Balaban J connectivity index is 1.68. The molecule has 1 unspecified atom stereocenters. The number of anilines is 1. The van der Waals surface area contributed by atoms with Gasteiger partial charge >= 0.3 is 0 Å². The van der Waals surface area contributed by atoms with Crippen LogP contribution in [0.4, 0.5) is 5.69 Å². The number of likely N-dealkylation sites (N-methyl/N-ethyl adjacent to an activating group) is 1. The maximum absolute atomic E-state index is 12.5. The van der Waals surface area contributed by atoms with E-state index in [1.165, 1.54) is 22.7 Å². The molecule has 4 N–H and O–H groups in total. The molecule has 0 saturated heterocycles. The summed E-state index contributed by atoms with van der Waals surface area (Å²) in [5.74, 6) is 0. The molecule has 28 heavy (non-hydrogen) atoms. The van der Waals surface area contributed by atoms with Crippen LogP contribution in [-0.2, 0) is 10.0 Å². The number of rotatable bonds is 7. The Morgan fingerprint density at radius 2 is 1.93 bits per heavy atom. The minimum atomic E-state index is -3.57. The van der Waals surface area contributed by atoms with Gasteiger partial charge in [-0.05, 0) is 31.5 Å². The minimum absolute atomic E-state index is 0.191. The fraction of sp³-hybridized carbons (Fsp3) is 0.333. The van der Waals surface area contributed by atoms with E-state index >= 15 is 0 Å². The number of nitrogens with zero attached hydrogens (tertiary/aromatic N) is 3. The monoisotopic (exact) mass is 421 g/mol. The second-order valence-electron chi connectivity index (χ2n) is 6.47. The van der Waals surface area contributed by atoms with Crippen molar-refractivity contribution in [1.82, 2.24) is 19.8 Å². The van der Waals surface area contributed by atoms with E-state index in [9.17, 15) is 13.5 Å². The molecule has 2 heterocycles. The molecule has 0 aliphatic carbocycles. The molecule has 1 atom stereocenters. The predicted molar refractivity (Wildman–Crippen MR) is 111 cm³/mol. The molecule has 1 aromatic carbocycles. The largest absolute Gasteiger partial charge is 0.397 e. The summed E-state index contributed by atoms with van der Waals surface area (Å²) in [6.07, 6.45) is -1.02. The normalized spacial score (nSPS) is 13.3. The number of benzene rings is 1. The highest BCUT2D eigenvalue weighted by molar-refractivity contribution is 7.89. The Bertz CT molecular complexity index is 1080. The molecule has 0 bridgehead atoms. The number of nitrogens with two attached hydrogens (primary N) is 1. The average Bonchev–Trinajstić information content (AvgIpc) is 3.02. The number of fused-ring (bicyclic) bond motifs is 1. The van der Waals surface area contributed by atoms with Gasteiger partial charge < -0.3 is 10.8 Å². The van der Waals surface area contributed by atoms with Gasteiger partial charge in [0.15, 0.2) is 0 Å². The molecule has 150 valence electrons. The maximum atomic E-state index is 12.5. The number of aliphatic hydroxyl groups is 1. The molecule has 2 aromatic heterocycles. The lowest BCUT2D eigenvalue weighted by Gasteiger charge is -2.19. The van der Waals surface area contributed by atoms with E-state index in [4.69, 9.17) is 5.73 Å². The van der Waals surface area contributed by atoms with Crippen molar-refractivity contribution in [1.29, 1.82) is 0 Å². The molecule has 10 heteroatoms. The number of aryl methyl sites for hydroxylation is 2. The Kier molecular flexibility index (Phi) is 5.96. The molecule has 8 nitrogen and oxygen atoms in total. The zero-order valence-corrected chi connectivity index (χ0v) is 17.5. The first-order valence-electron chi connectivity index (χ1n) is 8.68. The summed E-state index contributed by atoms with van der Waals surface area (Å²) in [7, 11) is -2.06. The van der Waals surface area contributed by atoms with Gasteiger partial charge in [0, 0.05) is 25.5 Å². The Morgan fingerprint density at radius 1 is 1.25 bits per heavy atom. The van der Waals surface area contributed by atoms with Crippen molar-refractivity contribution in [3.8, 4) is 0 Å². The minimum Gasteiger partial charge on any atom is -0.397 e. The van der Waals surface area contributed by atoms with Gasteiger partial charge in [-0.15, -0.1) is 16.4 Å². The summed E-state index contributed by atoms with van der Waals surface area (Å²) in [5.41, 5.74) is 8.42. The number of sulfonamides is 1. The highest BCUT2D eigenvalue weighted by Crippen LogP contribution is 2.37. The van der Waals surface area contributed by atoms with Crippen LogP contribution in [0.2, 0.25) is 0 Å². The molecular weight excluding hydrogens is 398 g/mol. The second kappa shape index (κ2) is 8.10. The van der Waals surface area contributed by atoms with Gasteiger partial charge in [-0.3, -0.25) is 5.32 Å². The van der Waals surface area contributed by atoms with Crippen molar-refractivity contribution < 1.29 is 13.5 Å². The van der Waals surface area contributed by atoms with Crippen molar-refractivity contribution in [2.75, 3.05) is 25.9 Å². The lowest BCUT2D eigenvalue weighted by atomic mass is 10.1. The van der Waals surface area contributed by atoms with Gasteiger partial charge in [-0.2, -0.15) is 9.40 Å². The first kappa shape index (κ1) is 20.6. The van der Waals surface area contributed by atoms with Crippen LogP contribution in [0.3, 0.4) is 0 Å². The number of thiophene rings is 1. The van der Waals surface area contributed by atoms with Crippen LogP contribution in [0.5, 0.6) is 0 Å². The smallest absolute Gasteiger partial charge is 0.242 e. The van der Waals surface area contributed by atoms with Gasteiger partial charge in [-0.1, -0.05) is 18.2 Å². The molecule has 0 radical (unpaired) electrons. The first-order valence-corrected chi connectivity index (χ1v) is 10.9. The van der Waals surface area contributed by atoms with E-state index < -0.39 is 16.3 Å². The summed E-state index contributed by atoms with van der Waals surface area (Å²) in [5, 5.41) is 22.5. The first-order chi connectivity index (χ1) is 13.2. The van der Waals surface area contributed by atoms with Gasteiger partial charge in [0.2, 0.25) is 10.0 Å². The summed E-state index contributed by atoms with van der Waals surface area (Å²) in [6, 6.07) is 8.23. The SMILES string of the molecule is Cc1nnc2sc(C(O)NCCN(C)S(=O)(=O)c3ccccc3)c(N)c2c1C. The summed E-state index contributed by atoms with van der Waals surface area (Å²) >= 11 is 1.27. The van der Waals surface area contributed by atoms with E-state index in [1.807, 2.05) is 13.8 Å². The van der Waals surface area contributed by atoms with Crippen LogP contribution in [0.25, 0.3) is 10.2 Å². The van der Waals surface area contributed by atoms with E-state index in [-0.39, 0.29) is 18.0 Å². The van der Waals surface area contributed by atoms with Crippen molar-refractivity contribution in [2.45, 2.75) is 25.0 Å². The zero-order valence-electron chi connectivity index (χ0n) is 15.9. The third kappa shape index (κ3) is 3.87. The van der Waals surface area contributed by atoms with Crippen molar-refractivity contribution in [2.24, 2.45) is 0 Å². The third-order valence-electron chi connectivity index (χ3n) is 4.63. The topological polar surface area (TPSA) is 121 Å². The van der Waals surface area contributed by atoms with Crippen LogP contribution >= 0.6 is 11.3 Å². The maximum Gasteiger partial charge on any atom is 0.242 e. The van der Waals surface area contributed by atoms with E-state index in [0.717, 1.165) is 16.6 Å². The standard InChI is InChI=1S/C18H23N5O3S2/c1-11-12(2)21-22-18-14(11)15(19)16(27-18)17(24)20-9-10-23(3)28(25,26)13-7-5-4-6-8-13/h4-8,17,20,24H,9-10,19H2,1-3H3. The molecule has 0 aliphatic heterocycles. The lowest BCUT2D eigenvalue weighted by Crippen LogP contribution is -2.35. The molecular formula is C18H23N5O3S2. The van der Waals surface area contributed by atoms with Gasteiger partial charge in [0.05, 0.1) is 21.2 Å². The number of hydrogen-bond acceptors (Lipinski definition) is 8. The molecule has 0 aliphatic rings. The Labute approximate surface area is 168 Å². The highest BCUT2D eigenvalue weighted by atomic mass is 32.2. The average molecular weight is 422 g/mol. The van der Waals surface area contributed by atoms with Crippen molar-refractivity contribution in [3.05, 3.63) is 46.5 Å². The number of nitrogens with one attached hydrogen (secondary N) is 1. The van der Waals surface area contributed by atoms with Crippen LogP contribution < -0.4 is 11.1 Å². The van der Waals surface area contributed by atoms with Crippen LogP contribution in [0.1, 0.15) is 22.4 Å². The van der Waals surface area contributed by atoms with Gasteiger partial charge in [0.1, 0.15) is 11.1 Å². The van der Waals surface area contributed by atoms with E-state index in [1.54, 1.807) is 30.3 Å². The van der Waals surface area contributed by atoms with Crippen molar-refractivity contribution >= 4 is 37.3 Å². The summed E-state index contributed by atoms with van der Waals surface area (Å²) < 4.78 is 26.3. The quantitative estimate of drug-likeness (QED) is 0.497. The van der Waals surface area contributed by atoms with E-state index in [2.05, 4.69) is 15.5 Å². The number of aliphatic hydroxyl groups excluding tert-OH is 1. The molecule has 0 spiro atoms. The molecule has 0 fully saturated rings. The predicted octanol–water partition coefficient (Wildman–Crippen LogP) is 1.79. The lowest BCUT2D eigenvalue weighted by molar-refractivity contribution is 0.142. The van der Waals surface area contributed by atoms with Crippen molar-refractivity contribution in [3.63, 3.8) is 0 Å². The van der Waals surface area contributed by atoms with Crippen LogP contribution in [-0.4, -0.2) is 48.2 Å². The van der Waals surface area contributed by atoms with Gasteiger partial charge in [-0.25, -0.2) is 8.42 Å². The Hall–Kier alpha value is -2.11. The number of hydrogen-bond donors (Lipinski definition) is 3. The van der Waals surface area contributed by atoms with Gasteiger partial charge in [0.25, 0.3) is 0 Å². The molecule has 3 rings (SSSR count). The van der Waals surface area contributed by atoms with Crippen LogP contribution in [0.15, 0.2) is 35.2 Å². The molecule has 0 saturated carbocycles. The van der Waals surface area contributed by atoms with E-state index in [0.29, 0.717) is 15.4 Å². The number of aromatic nitrogens is 2. The Morgan fingerprint density at radius 3 is 2.61 bits per heavy atom. The molecule has 0 amide bonds. The van der Waals surface area contributed by atoms with Crippen LogP contribution in [0, 0.1) is 13.8 Å². The number of nitrogen functional groups attached to an aromatic ring is 1. The highest BCUT2D eigenvalue weighted by Gasteiger charge is 2.22. The fourth-order valence-corrected chi connectivity index (χ4v) is 5.06. The summed E-state index contributed by atoms with van der Waals surface area (Å²) in [4.78, 5) is 1.45. The fourth-order valence-electron chi connectivity index (χ4n) is 2.80. The third-order valence-corrected chi connectivity index (χ3v) is 7.64.